The minimum atomic E-state index is -5.86. The Morgan fingerprint density at radius 2 is 1.84 bits per heavy atom. The minimum absolute atomic E-state index is 0.236. The second kappa shape index (κ2) is 9.02. The number of nitrogens with two attached hydrogens (primary N) is 1. The molecule has 1 aromatic heterocycles. The van der Waals surface area contributed by atoms with Crippen molar-refractivity contribution < 1.29 is 65.0 Å². The molecule has 0 aliphatic carbocycles. The van der Waals surface area contributed by atoms with Crippen LogP contribution in [0.2, 0.25) is 0 Å². The number of phosphoric ester groups is 1. The molecule has 2 heterocycles. The molecule has 0 radical (unpaired) electrons. The number of aliphatic hydroxyl groups excluding tert-OH is 1. The summed E-state index contributed by atoms with van der Waals surface area (Å²) in [6.07, 6.45) is -5.93. The zero-order valence-corrected chi connectivity index (χ0v) is 17.6. The number of nitrogen functional groups attached to an aromatic ring is 1. The summed E-state index contributed by atoms with van der Waals surface area (Å²) in [5, 5.41) is 10.0. The van der Waals surface area contributed by atoms with Crippen LogP contribution in [-0.4, -0.2) is 65.4 Å². The van der Waals surface area contributed by atoms with Gasteiger partial charge in [0.1, 0.15) is 18.6 Å². The smallest absolute Gasteiger partial charge is 0.387 e. The molecule has 0 spiro atoms. The van der Waals surface area contributed by atoms with Gasteiger partial charge in [0.05, 0.1) is 6.61 Å². The Morgan fingerprint density at radius 1 is 1.23 bits per heavy atom. The maximum Gasteiger partial charge on any atom is 0.490 e. The van der Waals surface area contributed by atoms with Crippen molar-refractivity contribution in [3.05, 3.63) is 22.7 Å². The highest BCUT2D eigenvalue weighted by Gasteiger charge is 2.58. The molecule has 1 aliphatic rings. The van der Waals surface area contributed by atoms with Gasteiger partial charge in [0.15, 0.2) is 18.0 Å². The zero-order valence-electron chi connectivity index (χ0n) is 14.9. The van der Waals surface area contributed by atoms with Crippen LogP contribution in [0.15, 0.2) is 17.1 Å². The Hall–Kier alpha value is -1.13. The van der Waals surface area contributed by atoms with Gasteiger partial charge in [-0.15, -0.1) is 0 Å². The molecule has 2 unspecified atom stereocenters. The van der Waals surface area contributed by atoms with Crippen LogP contribution in [0.25, 0.3) is 0 Å². The Morgan fingerprint density at radius 3 is 2.35 bits per heavy atom. The number of halogens is 2. The molecule has 0 saturated carbocycles. The maximum atomic E-state index is 14.5. The molecule has 1 saturated heterocycles. The van der Waals surface area contributed by atoms with E-state index < -0.39 is 66.5 Å². The first-order valence-electron chi connectivity index (χ1n) is 7.70. The molecule has 0 bridgehead atoms. The lowest BCUT2D eigenvalue weighted by molar-refractivity contribution is -0.136. The Labute approximate surface area is 170 Å². The van der Waals surface area contributed by atoms with E-state index in [2.05, 4.69) is 18.1 Å². The number of aliphatic hydroxyl groups is 1. The maximum absolute atomic E-state index is 14.5. The monoisotopic (exact) mass is 517 g/mol. The molecule has 1 aromatic rings. The first kappa shape index (κ1) is 26.1. The number of anilines is 1. The summed E-state index contributed by atoms with van der Waals surface area (Å²) in [4.78, 5) is 50.6. The summed E-state index contributed by atoms with van der Waals surface area (Å²) in [7, 11) is -17.2. The van der Waals surface area contributed by atoms with Gasteiger partial charge in [-0.2, -0.15) is 13.6 Å². The van der Waals surface area contributed by atoms with E-state index in [9.17, 15) is 37.3 Å². The Kier molecular flexibility index (Phi) is 7.60. The van der Waals surface area contributed by atoms with Crippen molar-refractivity contribution in [1.82, 2.24) is 9.55 Å². The molecular formula is C10H16F2N3O13P3. The lowest BCUT2D eigenvalue weighted by atomic mass is 9.98. The lowest BCUT2D eigenvalue weighted by Gasteiger charge is -2.29. The highest BCUT2D eigenvalue weighted by Crippen LogP contribution is 2.66. The third-order valence-electron chi connectivity index (χ3n) is 3.71. The second-order valence-corrected chi connectivity index (χ2v) is 10.4. The zero-order chi connectivity index (χ0) is 23.8. The molecule has 7 N–H and O–H groups in total. The molecule has 178 valence electrons. The van der Waals surface area contributed by atoms with Gasteiger partial charge in [0.25, 0.3) is 0 Å². The fourth-order valence-electron chi connectivity index (χ4n) is 2.41. The second-order valence-electron chi connectivity index (χ2n) is 6.00. The third kappa shape index (κ3) is 6.44. The summed E-state index contributed by atoms with van der Waals surface area (Å²) < 4.78 is 78.5. The van der Waals surface area contributed by atoms with Crippen LogP contribution in [0.5, 0.6) is 0 Å². The number of aromatic nitrogens is 2. The van der Waals surface area contributed by atoms with Crippen LogP contribution >= 0.6 is 23.5 Å². The minimum Gasteiger partial charge on any atom is -0.387 e. The van der Waals surface area contributed by atoms with Gasteiger partial charge in [-0.25, -0.2) is 27.3 Å². The molecule has 2 rings (SSSR count). The summed E-state index contributed by atoms with van der Waals surface area (Å²) in [6, 6.07) is 1.06. The average molecular weight is 517 g/mol. The molecule has 1 fully saturated rings. The summed E-state index contributed by atoms with van der Waals surface area (Å²) in [5.74, 6) is -0.236. The van der Waals surface area contributed by atoms with Crippen LogP contribution in [0.1, 0.15) is 6.23 Å². The predicted octanol–water partition coefficient (Wildman–Crippen LogP) is -0.895. The number of hydrogen-bond acceptors (Lipinski definition) is 11. The van der Waals surface area contributed by atoms with E-state index in [1.165, 1.54) is 0 Å². The van der Waals surface area contributed by atoms with E-state index in [1.807, 2.05) is 0 Å². The van der Waals surface area contributed by atoms with Crippen molar-refractivity contribution in [1.29, 1.82) is 0 Å². The molecule has 0 amide bonds. The fourth-order valence-corrected chi connectivity index (χ4v) is 5.49. The normalized spacial score (nSPS) is 30.6. The van der Waals surface area contributed by atoms with Crippen molar-refractivity contribution >= 4 is 29.3 Å². The SMILES string of the molecule is Nc1ccn([C@@H]2O[C@](CF)(COP(=O)(O)OP(=O)(O)OP(=O)(O)O)[C@@H](O)[C@@H]2F)c(=O)n1. The molecule has 21 heteroatoms. The van der Waals surface area contributed by atoms with E-state index in [-0.39, 0.29) is 5.82 Å². The predicted molar refractivity (Wildman–Crippen MR) is 92.5 cm³/mol. The summed E-state index contributed by atoms with van der Waals surface area (Å²) >= 11 is 0. The Bertz CT molecular complexity index is 1020. The molecule has 0 aromatic carbocycles. The van der Waals surface area contributed by atoms with E-state index in [0.717, 1.165) is 12.3 Å². The largest absolute Gasteiger partial charge is 0.490 e. The molecule has 16 nitrogen and oxygen atoms in total. The molecule has 6 atom stereocenters. The number of hydrogen-bond donors (Lipinski definition) is 6. The van der Waals surface area contributed by atoms with Gasteiger partial charge in [0.2, 0.25) is 0 Å². The summed E-state index contributed by atoms with van der Waals surface area (Å²) in [5.41, 5.74) is 1.44. The van der Waals surface area contributed by atoms with Gasteiger partial charge in [-0.05, 0) is 6.07 Å². The topological polar surface area (TPSA) is 250 Å². The standard InChI is InChI=1S/C10H16F2N3O13P3/c11-3-10(4-25-30(21,22)28-31(23,24)27-29(18,19)20)7(16)6(12)8(26-10)15-2-1-5(13)14-9(15)17/h1-2,6-8,16H,3-4H2,(H,21,22)(H,23,24)(H2,13,14,17)(H2,18,19,20)/t6-,7-,8+,10+/m0/s1. The first-order chi connectivity index (χ1) is 14.0. The van der Waals surface area contributed by atoms with Crippen LogP contribution in [0.3, 0.4) is 0 Å². The van der Waals surface area contributed by atoms with Gasteiger partial charge >= 0.3 is 29.2 Å². The summed E-state index contributed by atoms with van der Waals surface area (Å²) in [6.45, 7) is -3.24. The molecule has 31 heavy (non-hydrogen) atoms. The van der Waals surface area contributed by atoms with Crippen molar-refractivity contribution in [2.75, 3.05) is 19.0 Å². The van der Waals surface area contributed by atoms with Gasteiger partial charge in [-0.1, -0.05) is 0 Å². The van der Waals surface area contributed by atoms with Crippen LogP contribution in [0, 0.1) is 0 Å². The Balaban J connectivity index is 2.20. The van der Waals surface area contributed by atoms with Crippen LogP contribution in [-0.2, 0) is 31.6 Å². The van der Waals surface area contributed by atoms with Crippen LogP contribution < -0.4 is 11.4 Å². The highest BCUT2D eigenvalue weighted by atomic mass is 31.3. The van der Waals surface area contributed by atoms with Crippen molar-refractivity contribution in [2.45, 2.75) is 24.1 Å². The number of phosphoric acid groups is 3. The van der Waals surface area contributed by atoms with E-state index in [0.29, 0.717) is 4.57 Å². The van der Waals surface area contributed by atoms with E-state index in [4.69, 9.17) is 25.2 Å². The first-order valence-corrected chi connectivity index (χ1v) is 12.2. The fraction of sp³-hybridized carbons (Fsp3) is 0.600. The van der Waals surface area contributed by atoms with Crippen molar-refractivity contribution in [3.63, 3.8) is 0 Å². The number of nitrogens with zero attached hydrogens (tertiary/aromatic N) is 2. The van der Waals surface area contributed by atoms with E-state index >= 15 is 0 Å². The molecular weight excluding hydrogens is 501 g/mol. The van der Waals surface area contributed by atoms with Crippen LogP contribution in [0.4, 0.5) is 14.6 Å². The van der Waals surface area contributed by atoms with Gasteiger partial charge < -0.3 is 35.2 Å². The van der Waals surface area contributed by atoms with Crippen molar-refractivity contribution in [2.24, 2.45) is 0 Å². The highest BCUT2D eigenvalue weighted by molar-refractivity contribution is 7.66. The van der Waals surface area contributed by atoms with Gasteiger partial charge in [-0.3, -0.25) is 9.09 Å². The quantitative estimate of drug-likeness (QED) is 0.217. The lowest BCUT2D eigenvalue weighted by Crippen LogP contribution is -2.48. The number of alkyl halides is 2. The van der Waals surface area contributed by atoms with Crippen molar-refractivity contribution in [3.8, 4) is 0 Å². The van der Waals surface area contributed by atoms with Gasteiger partial charge in [0, 0.05) is 6.20 Å². The number of ether oxygens (including phenoxy) is 1. The third-order valence-corrected chi connectivity index (χ3v) is 7.49. The average Bonchev–Trinajstić information content (AvgIpc) is 2.82. The molecule has 1 aliphatic heterocycles. The van der Waals surface area contributed by atoms with E-state index in [1.54, 1.807) is 0 Å². The number of rotatable bonds is 9.